The number of hydrogen-bond acceptors (Lipinski definition) is 4. The van der Waals surface area contributed by atoms with Gasteiger partial charge >= 0.3 is 0 Å². The lowest BCUT2D eigenvalue weighted by Gasteiger charge is -2.29. The average molecular weight is 358 g/mol. The standard InChI is InChI=1S/C22H22N4O/c1-15-6-5-7-16(2)21(15)23-22(27)19-10-11-20(25-24-19)26-13-12-17-8-3-4-9-18(17)14-26/h3-11H,12-14H2,1-2H3,(H,23,27). The number of carbonyl (C=O) groups excluding carboxylic acids is 1. The Morgan fingerprint density at radius 2 is 1.67 bits per heavy atom. The van der Waals surface area contributed by atoms with Crippen molar-refractivity contribution in [3.8, 4) is 0 Å². The van der Waals surface area contributed by atoms with Crippen LogP contribution in [-0.4, -0.2) is 22.6 Å². The van der Waals surface area contributed by atoms with Crippen molar-refractivity contribution in [2.75, 3.05) is 16.8 Å². The summed E-state index contributed by atoms with van der Waals surface area (Å²) < 4.78 is 0. The highest BCUT2D eigenvalue weighted by atomic mass is 16.1. The average Bonchev–Trinajstić information content (AvgIpc) is 2.70. The monoisotopic (exact) mass is 358 g/mol. The molecule has 1 amide bonds. The first-order valence-corrected chi connectivity index (χ1v) is 9.15. The zero-order valence-corrected chi connectivity index (χ0v) is 15.6. The van der Waals surface area contributed by atoms with Crippen LogP contribution in [0.3, 0.4) is 0 Å². The van der Waals surface area contributed by atoms with Gasteiger partial charge in [-0.1, -0.05) is 42.5 Å². The highest BCUT2D eigenvalue weighted by Crippen LogP contribution is 2.23. The maximum Gasteiger partial charge on any atom is 0.276 e. The van der Waals surface area contributed by atoms with Crippen LogP contribution in [0.2, 0.25) is 0 Å². The normalized spacial score (nSPS) is 13.2. The van der Waals surface area contributed by atoms with Gasteiger partial charge in [-0.2, -0.15) is 0 Å². The van der Waals surface area contributed by atoms with Gasteiger partial charge in [0.15, 0.2) is 11.5 Å². The van der Waals surface area contributed by atoms with Crippen molar-refractivity contribution >= 4 is 17.4 Å². The first-order chi connectivity index (χ1) is 13.1. The number of nitrogens with zero attached hydrogens (tertiary/aromatic N) is 3. The molecule has 136 valence electrons. The highest BCUT2D eigenvalue weighted by Gasteiger charge is 2.18. The fourth-order valence-electron chi connectivity index (χ4n) is 3.50. The number of amides is 1. The molecule has 0 saturated carbocycles. The number of para-hydroxylation sites is 1. The van der Waals surface area contributed by atoms with E-state index in [1.807, 2.05) is 38.1 Å². The second-order valence-electron chi connectivity index (χ2n) is 6.94. The van der Waals surface area contributed by atoms with E-state index in [1.165, 1.54) is 11.1 Å². The fourth-order valence-corrected chi connectivity index (χ4v) is 3.50. The zero-order valence-electron chi connectivity index (χ0n) is 15.6. The van der Waals surface area contributed by atoms with Gasteiger partial charge in [-0.05, 0) is 54.7 Å². The van der Waals surface area contributed by atoms with Crippen molar-refractivity contribution in [1.29, 1.82) is 0 Å². The first-order valence-electron chi connectivity index (χ1n) is 9.15. The second-order valence-corrected chi connectivity index (χ2v) is 6.94. The lowest BCUT2D eigenvalue weighted by Crippen LogP contribution is -2.31. The van der Waals surface area contributed by atoms with E-state index in [0.29, 0.717) is 5.69 Å². The molecule has 0 fully saturated rings. The molecule has 2 heterocycles. The zero-order chi connectivity index (χ0) is 18.8. The summed E-state index contributed by atoms with van der Waals surface area (Å²) in [5.74, 6) is 0.559. The summed E-state index contributed by atoms with van der Waals surface area (Å²) in [6, 6.07) is 18.0. The minimum atomic E-state index is -0.240. The van der Waals surface area contributed by atoms with Crippen LogP contribution < -0.4 is 10.2 Å². The molecule has 1 aliphatic heterocycles. The van der Waals surface area contributed by atoms with Crippen molar-refractivity contribution in [1.82, 2.24) is 10.2 Å². The molecule has 4 rings (SSSR count). The van der Waals surface area contributed by atoms with E-state index in [0.717, 1.165) is 42.1 Å². The first kappa shape index (κ1) is 17.2. The number of fused-ring (bicyclic) bond motifs is 1. The number of carbonyl (C=O) groups is 1. The number of rotatable bonds is 3. The molecule has 2 aromatic carbocycles. The van der Waals surface area contributed by atoms with Crippen molar-refractivity contribution in [3.05, 3.63) is 82.5 Å². The predicted octanol–water partition coefficient (Wildman–Crippen LogP) is 3.91. The molecule has 0 aliphatic carbocycles. The van der Waals surface area contributed by atoms with Gasteiger partial charge in [0.05, 0.1) is 0 Å². The van der Waals surface area contributed by atoms with Crippen LogP contribution in [0.5, 0.6) is 0 Å². The second kappa shape index (κ2) is 7.19. The number of aromatic nitrogens is 2. The molecule has 0 bridgehead atoms. The summed E-state index contributed by atoms with van der Waals surface area (Å²) in [7, 11) is 0. The van der Waals surface area contributed by atoms with E-state index in [2.05, 4.69) is 44.7 Å². The van der Waals surface area contributed by atoms with Gasteiger partial charge in [-0.15, -0.1) is 10.2 Å². The Balaban J connectivity index is 1.49. The van der Waals surface area contributed by atoms with E-state index in [9.17, 15) is 4.79 Å². The molecule has 1 aromatic heterocycles. The van der Waals surface area contributed by atoms with Gasteiger partial charge in [0, 0.05) is 18.8 Å². The largest absolute Gasteiger partial charge is 0.350 e. The smallest absolute Gasteiger partial charge is 0.276 e. The summed E-state index contributed by atoms with van der Waals surface area (Å²) in [4.78, 5) is 14.7. The number of hydrogen-bond donors (Lipinski definition) is 1. The van der Waals surface area contributed by atoms with E-state index < -0.39 is 0 Å². The van der Waals surface area contributed by atoms with Crippen LogP contribution in [0.15, 0.2) is 54.6 Å². The highest BCUT2D eigenvalue weighted by molar-refractivity contribution is 6.03. The Labute approximate surface area is 159 Å². The minimum absolute atomic E-state index is 0.240. The molecule has 1 aliphatic rings. The maximum atomic E-state index is 12.5. The molecular weight excluding hydrogens is 336 g/mol. The van der Waals surface area contributed by atoms with Gasteiger partial charge in [-0.25, -0.2) is 0 Å². The van der Waals surface area contributed by atoms with Crippen LogP contribution in [0.25, 0.3) is 0 Å². The molecular formula is C22H22N4O. The lowest BCUT2D eigenvalue weighted by atomic mass is 10.00. The number of anilines is 2. The van der Waals surface area contributed by atoms with Crippen LogP contribution in [0, 0.1) is 13.8 Å². The van der Waals surface area contributed by atoms with Crippen LogP contribution in [0.1, 0.15) is 32.7 Å². The SMILES string of the molecule is Cc1cccc(C)c1NC(=O)c1ccc(N2CCc3ccccc3C2)nn1. The molecule has 0 saturated heterocycles. The summed E-state index contributed by atoms with van der Waals surface area (Å²) in [5, 5.41) is 11.4. The molecule has 0 atom stereocenters. The Bertz CT molecular complexity index is 962. The summed E-state index contributed by atoms with van der Waals surface area (Å²) in [6.45, 7) is 5.68. The van der Waals surface area contributed by atoms with Gasteiger partial charge < -0.3 is 10.2 Å². The molecule has 5 nitrogen and oxygen atoms in total. The van der Waals surface area contributed by atoms with Gasteiger partial charge in [0.25, 0.3) is 5.91 Å². The summed E-state index contributed by atoms with van der Waals surface area (Å²) >= 11 is 0. The third-order valence-corrected chi connectivity index (χ3v) is 5.06. The molecule has 1 N–H and O–H groups in total. The van der Waals surface area contributed by atoms with Crippen LogP contribution >= 0.6 is 0 Å². The van der Waals surface area contributed by atoms with Crippen molar-refractivity contribution < 1.29 is 4.79 Å². The number of nitrogens with one attached hydrogen (secondary N) is 1. The van der Waals surface area contributed by atoms with Gasteiger partial charge in [0.1, 0.15) is 0 Å². The molecule has 0 spiro atoms. The minimum Gasteiger partial charge on any atom is -0.350 e. The van der Waals surface area contributed by atoms with Crippen LogP contribution in [0.4, 0.5) is 11.5 Å². The molecule has 0 radical (unpaired) electrons. The van der Waals surface area contributed by atoms with Crippen molar-refractivity contribution in [3.63, 3.8) is 0 Å². The Morgan fingerprint density at radius 1 is 0.926 bits per heavy atom. The summed E-state index contributed by atoms with van der Waals surface area (Å²) in [5.41, 5.74) is 5.92. The number of benzene rings is 2. The van der Waals surface area contributed by atoms with E-state index in [1.54, 1.807) is 6.07 Å². The molecule has 0 unspecified atom stereocenters. The Hall–Kier alpha value is -3.21. The quantitative estimate of drug-likeness (QED) is 0.771. The third-order valence-electron chi connectivity index (χ3n) is 5.06. The fraction of sp³-hybridized carbons (Fsp3) is 0.227. The van der Waals surface area contributed by atoms with Crippen LogP contribution in [-0.2, 0) is 13.0 Å². The van der Waals surface area contributed by atoms with Crippen molar-refractivity contribution in [2.45, 2.75) is 26.8 Å². The van der Waals surface area contributed by atoms with E-state index >= 15 is 0 Å². The van der Waals surface area contributed by atoms with Gasteiger partial charge in [0.2, 0.25) is 0 Å². The molecule has 27 heavy (non-hydrogen) atoms. The van der Waals surface area contributed by atoms with Crippen molar-refractivity contribution in [2.24, 2.45) is 0 Å². The Kier molecular flexibility index (Phi) is 4.59. The Morgan fingerprint density at radius 3 is 2.37 bits per heavy atom. The van der Waals surface area contributed by atoms with E-state index in [4.69, 9.17) is 0 Å². The van der Waals surface area contributed by atoms with Gasteiger partial charge in [-0.3, -0.25) is 4.79 Å². The summed E-state index contributed by atoms with van der Waals surface area (Å²) in [6.07, 6.45) is 0.993. The molecule has 5 heteroatoms. The third kappa shape index (κ3) is 3.53. The number of aryl methyl sites for hydroxylation is 2. The topological polar surface area (TPSA) is 58.1 Å². The molecule has 3 aromatic rings. The van der Waals surface area contributed by atoms with E-state index in [-0.39, 0.29) is 5.91 Å². The maximum absolute atomic E-state index is 12.5. The predicted molar refractivity (Wildman–Crippen MR) is 107 cm³/mol. The lowest BCUT2D eigenvalue weighted by molar-refractivity contribution is 0.102.